The van der Waals surface area contributed by atoms with Crippen molar-refractivity contribution < 1.29 is 14.3 Å². The summed E-state index contributed by atoms with van der Waals surface area (Å²) in [5.41, 5.74) is 2.90. The number of cyclic esters (lactones) is 1. The number of nitrogens with zero attached hydrogens (tertiary/aromatic N) is 1. The standard InChI is InChI=1S/C19H24N4O3S/c1-13-10-14(5-6-16(13)21-8-7-20-2)23-12-15(26-19(23)25)11-22-18(24)17-4-3-9-27-17/h3-6,9-10,15,20-21H,7-8,11-12H2,1-2H3,(H,22,24)/t15-/m0/s1. The summed E-state index contributed by atoms with van der Waals surface area (Å²) in [4.78, 5) is 26.5. The lowest BCUT2D eigenvalue weighted by Crippen LogP contribution is -2.34. The van der Waals surface area contributed by atoms with Gasteiger partial charge in [0.15, 0.2) is 0 Å². The van der Waals surface area contributed by atoms with Gasteiger partial charge in [-0.25, -0.2) is 4.79 Å². The Bertz CT molecular complexity index is 794. The van der Waals surface area contributed by atoms with E-state index in [2.05, 4.69) is 16.0 Å². The Morgan fingerprint density at radius 2 is 2.19 bits per heavy atom. The maximum atomic E-state index is 12.2. The third-order valence-corrected chi connectivity index (χ3v) is 5.19. The fourth-order valence-electron chi connectivity index (χ4n) is 2.88. The van der Waals surface area contributed by atoms with E-state index < -0.39 is 0 Å². The summed E-state index contributed by atoms with van der Waals surface area (Å²) in [7, 11) is 1.91. The molecule has 0 saturated carbocycles. The highest BCUT2D eigenvalue weighted by molar-refractivity contribution is 7.12. The van der Waals surface area contributed by atoms with Crippen LogP contribution in [0.3, 0.4) is 0 Å². The largest absolute Gasteiger partial charge is 0.442 e. The van der Waals surface area contributed by atoms with Gasteiger partial charge in [0.25, 0.3) is 5.91 Å². The molecule has 3 rings (SSSR count). The second kappa shape index (κ2) is 8.88. The van der Waals surface area contributed by atoms with E-state index in [-0.39, 0.29) is 18.1 Å². The Morgan fingerprint density at radius 1 is 1.33 bits per heavy atom. The van der Waals surface area contributed by atoms with E-state index in [0.717, 1.165) is 30.0 Å². The molecule has 1 aromatic heterocycles. The van der Waals surface area contributed by atoms with Crippen LogP contribution in [0.5, 0.6) is 0 Å². The molecule has 1 aromatic carbocycles. The number of likely N-dealkylation sites (N-methyl/N-ethyl adjacent to an activating group) is 1. The first-order valence-corrected chi connectivity index (χ1v) is 9.75. The molecule has 1 atom stereocenters. The summed E-state index contributed by atoms with van der Waals surface area (Å²) in [6.07, 6.45) is -0.754. The number of anilines is 2. The maximum absolute atomic E-state index is 12.2. The molecule has 0 spiro atoms. The number of carbonyl (C=O) groups is 2. The smallest absolute Gasteiger partial charge is 0.414 e. The number of aryl methyl sites for hydroxylation is 1. The molecule has 1 fully saturated rings. The van der Waals surface area contributed by atoms with Crippen molar-refractivity contribution in [2.75, 3.05) is 43.4 Å². The van der Waals surface area contributed by atoms with Gasteiger partial charge in [-0.3, -0.25) is 9.69 Å². The van der Waals surface area contributed by atoms with Crippen LogP contribution in [0.2, 0.25) is 0 Å². The maximum Gasteiger partial charge on any atom is 0.414 e. The van der Waals surface area contributed by atoms with E-state index in [1.807, 2.05) is 43.6 Å². The molecule has 0 unspecified atom stereocenters. The number of amides is 2. The highest BCUT2D eigenvalue weighted by atomic mass is 32.1. The van der Waals surface area contributed by atoms with Crippen LogP contribution >= 0.6 is 11.3 Å². The fourth-order valence-corrected chi connectivity index (χ4v) is 3.52. The van der Waals surface area contributed by atoms with Gasteiger partial charge in [-0.1, -0.05) is 6.07 Å². The van der Waals surface area contributed by atoms with E-state index in [1.165, 1.54) is 11.3 Å². The van der Waals surface area contributed by atoms with Gasteiger partial charge in [0.2, 0.25) is 0 Å². The second-order valence-electron chi connectivity index (χ2n) is 6.33. The average molecular weight is 388 g/mol. The van der Waals surface area contributed by atoms with Crippen molar-refractivity contribution in [3.05, 3.63) is 46.2 Å². The molecular weight excluding hydrogens is 364 g/mol. The molecular formula is C19H24N4O3S. The number of ether oxygens (including phenoxy) is 1. The third kappa shape index (κ3) is 4.78. The van der Waals surface area contributed by atoms with Crippen LogP contribution in [0.4, 0.5) is 16.2 Å². The zero-order valence-electron chi connectivity index (χ0n) is 15.5. The van der Waals surface area contributed by atoms with Crippen molar-refractivity contribution in [3.8, 4) is 0 Å². The summed E-state index contributed by atoms with van der Waals surface area (Å²) in [5, 5.41) is 11.1. The first kappa shape index (κ1) is 19.2. The molecule has 0 aliphatic carbocycles. The predicted octanol–water partition coefficient (Wildman–Crippen LogP) is 2.44. The number of thiophene rings is 1. The molecule has 1 saturated heterocycles. The van der Waals surface area contributed by atoms with Crippen molar-refractivity contribution >= 4 is 34.7 Å². The summed E-state index contributed by atoms with van der Waals surface area (Å²) in [6.45, 7) is 4.41. The predicted molar refractivity (Wildman–Crippen MR) is 108 cm³/mol. The van der Waals surface area contributed by atoms with Gasteiger partial charge in [0.1, 0.15) is 6.10 Å². The van der Waals surface area contributed by atoms with E-state index >= 15 is 0 Å². The Balaban J connectivity index is 1.57. The molecule has 7 nitrogen and oxygen atoms in total. The first-order chi connectivity index (χ1) is 13.1. The lowest BCUT2D eigenvalue weighted by molar-refractivity contribution is 0.0920. The minimum atomic E-state index is -0.388. The first-order valence-electron chi connectivity index (χ1n) is 8.87. The summed E-state index contributed by atoms with van der Waals surface area (Å²) < 4.78 is 5.40. The summed E-state index contributed by atoms with van der Waals surface area (Å²) >= 11 is 1.38. The third-order valence-electron chi connectivity index (χ3n) is 4.32. The Morgan fingerprint density at radius 3 is 2.89 bits per heavy atom. The highest BCUT2D eigenvalue weighted by Crippen LogP contribution is 2.26. The minimum absolute atomic E-state index is 0.146. The van der Waals surface area contributed by atoms with E-state index in [4.69, 9.17) is 4.74 Å². The van der Waals surface area contributed by atoms with Crippen molar-refractivity contribution in [1.29, 1.82) is 0 Å². The van der Waals surface area contributed by atoms with Gasteiger partial charge in [0.05, 0.1) is 18.0 Å². The van der Waals surface area contributed by atoms with Crippen molar-refractivity contribution in [3.63, 3.8) is 0 Å². The topological polar surface area (TPSA) is 82.7 Å². The molecule has 0 bridgehead atoms. The molecule has 0 radical (unpaired) electrons. The molecule has 2 amide bonds. The second-order valence-corrected chi connectivity index (χ2v) is 7.28. The van der Waals surface area contributed by atoms with Crippen molar-refractivity contribution in [2.45, 2.75) is 13.0 Å². The average Bonchev–Trinajstić information content (AvgIpc) is 3.31. The van der Waals surface area contributed by atoms with E-state index in [1.54, 1.807) is 11.0 Å². The zero-order valence-corrected chi connectivity index (χ0v) is 16.3. The van der Waals surface area contributed by atoms with Crippen LogP contribution < -0.4 is 20.9 Å². The van der Waals surface area contributed by atoms with Gasteiger partial charge in [0, 0.05) is 24.5 Å². The SMILES string of the molecule is CNCCNc1ccc(N2C[C@H](CNC(=O)c3cccs3)OC2=O)cc1C. The van der Waals surface area contributed by atoms with Crippen LogP contribution in [0.1, 0.15) is 15.2 Å². The lowest BCUT2D eigenvalue weighted by atomic mass is 10.1. The number of rotatable bonds is 8. The number of hydrogen-bond acceptors (Lipinski definition) is 6. The molecule has 3 N–H and O–H groups in total. The van der Waals surface area contributed by atoms with Crippen LogP contribution in [0, 0.1) is 6.92 Å². The lowest BCUT2D eigenvalue weighted by Gasteiger charge is -2.16. The van der Waals surface area contributed by atoms with Crippen LogP contribution in [-0.4, -0.2) is 51.3 Å². The van der Waals surface area contributed by atoms with Gasteiger partial charge in [-0.05, 0) is 49.2 Å². The number of nitrogens with one attached hydrogen (secondary N) is 3. The Hall–Kier alpha value is -2.58. The van der Waals surface area contributed by atoms with Gasteiger partial charge in [-0.15, -0.1) is 11.3 Å². The summed E-state index contributed by atoms with van der Waals surface area (Å²) in [5.74, 6) is -0.146. The molecule has 2 aromatic rings. The van der Waals surface area contributed by atoms with Gasteiger partial charge < -0.3 is 20.7 Å². The van der Waals surface area contributed by atoms with E-state index in [0.29, 0.717) is 18.0 Å². The normalized spacial score (nSPS) is 16.3. The van der Waals surface area contributed by atoms with Crippen molar-refractivity contribution in [2.24, 2.45) is 0 Å². The van der Waals surface area contributed by atoms with E-state index in [9.17, 15) is 9.59 Å². The molecule has 8 heteroatoms. The fraction of sp³-hybridized carbons (Fsp3) is 0.368. The molecule has 2 heterocycles. The molecule has 1 aliphatic heterocycles. The van der Waals surface area contributed by atoms with Crippen LogP contribution in [0.25, 0.3) is 0 Å². The van der Waals surface area contributed by atoms with Gasteiger partial charge >= 0.3 is 6.09 Å². The zero-order chi connectivity index (χ0) is 19.2. The number of benzene rings is 1. The Kier molecular flexibility index (Phi) is 6.31. The monoisotopic (exact) mass is 388 g/mol. The molecule has 27 heavy (non-hydrogen) atoms. The highest BCUT2D eigenvalue weighted by Gasteiger charge is 2.32. The summed E-state index contributed by atoms with van der Waals surface area (Å²) in [6, 6.07) is 9.44. The minimum Gasteiger partial charge on any atom is -0.442 e. The van der Waals surface area contributed by atoms with Crippen molar-refractivity contribution in [1.82, 2.24) is 10.6 Å². The Labute approximate surface area is 162 Å². The quantitative estimate of drug-likeness (QED) is 0.605. The van der Waals surface area contributed by atoms with Gasteiger partial charge in [-0.2, -0.15) is 0 Å². The van der Waals surface area contributed by atoms with Crippen LogP contribution in [-0.2, 0) is 4.74 Å². The molecule has 1 aliphatic rings. The number of carbonyl (C=O) groups excluding carboxylic acids is 2. The van der Waals surface area contributed by atoms with Crippen LogP contribution in [0.15, 0.2) is 35.7 Å². The number of hydrogen-bond donors (Lipinski definition) is 3. The molecule has 144 valence electrons.